The highest BCUT2D eigenvalue weighted by Crippen LogP contribution is 2.28. The van der Waals surface area contributed by atoms with E-state index in [1.807, 2.05) is 14.1 Å². The fourth-order valence-electron chi connectivity index (χ4n) is 1.97. The van der Waals surface area contributed by atoms with Gasteiger partial charge in [0.15, 0.2) is 0 Å². The van der Waals surface area contributed by atoms with Crippen LogP contribution in [0.2, 0.25) is 0 Å². The second kappa shape index (κ2) is 4.76. The number of likely N-dealkylation sites (N-methyl/N-ethyl adjacent to an activating group) is 1. The third-order valence-electron chi connectivity index (χ3n) is 2.85. The van der Waals surface area contributed by atoms with E-state index >= 15 is 0 Å². The molecule has 88 valence electrons. The molecular formula is C10H19NO4. The van der Waals surface area contributed by atoms with Gasteiger partial charge in [-0.25, -0.2) is 0 Å². The second-order valence-corrected chi connectivity index (χ2v) is 4.38. The van der Waals surface area contributed by atoms with E-state index in [1.165, 1.54) is 0 Å². The summed E-state index contributed by atoms with van der Waals surface area (Å²) in [5, 5.41) is 9.52. The van der Waals surface area contributed by atoms with Crippen LogP contribution in [0.25, 0.3) is 0 Å². The minimum atomic E-state index is -0.488. The topological polar surface area (TPSA) is 51.2 Å². The van der Waals surface area contributed by atoms with Crippen molar-refractivity contribution < 1.29 is 19.3 Å². The van der Waals surface area contributed by atoms with Crippen molar-refractivity contribution in [3.05, 3.63) is 0 Å². The first-order valence-corrected chi connectivity index (χ1v) is 5.36. The molecule has 0 spiro atoms. The van der Waals surface area contributed by atoms with Crippen LogP contribution in [0, 0.1) is 0 Å². The maximum absolute atomic E-state index is 9.52. The van der Waals surface area contributed by atoms with E-state index in [2.05, 4.69) is 4.90 Å². The van der Waals surface area contributed by atoms with Gasteiger partial charge in [0.1, 0.15) is 24.4 Å². The molecule has 1 N–H and O–H groups in total. The van der Waals surface area contributed by atoms with Crippen molar-refractivity contribution in [1.29, 1.82) is 0 Å². The zero-order chi connectivity index (χ0) is 10.8. The maximum Gasteiger partial charge on any atom is 0.115 e. The van der Waals surface area contributed by atoms with Gasteiger partial charge in [-0.05, 0) is 14.1 Å². The number of rotatable bonds is 4. The lowest BCUT2D eigenvalue weighted by molar-refractivity contribution is -0.0396. The Morgan fingerprint density at radius 1 is 1.27 bits per heavy atom. The van der Waals surface area contributed by atoms with E-state index in [-0.39, 0.29) is 18.3 Å². The summed E-state index contributed by atoms with van der Waals surface area (Å²) in [7, 11) is 4.01. The minimum Gasteiger partial charge on any atom is -0.388 e. The molecular weight excluding hydrogens is 198 g/mol. The van der Waals surface area contributed by atoms with E-state index in [4.69, 9.17) is 14.2 Å². The van der Waals surface area contributed by atoms with E-state index in [0.29, 0.717) is 19.8 Å². The van der Waals surface area contributed by atoms with Gasteiger partial charge in [0.25, 0.3) is 0 Å². The summed E-state index contributed by atoms with van der Waals surface area (Å²) >= 11 is 0. The molecule has 15 heavy (non-hydrogen) atoms. The molecule has 0 aromatic heterocycles. The van der Waals surface area contributed by atoms with Gasteiger partial charge in [-0.1, -0.05) is 0 Å². The van der Waals surface area contributed by atoms with Crippen molar-refractivity contribution in [3.63, 3.8) is 0 Å². The number of hydrogen-bond donors (Lipinski definition) is 1. The normalized spacial score (nSPS) is 40.0. The molecule has 0 bridgehead atoms. The lowest BCUT2D eigenvalue weighted by atomic mass is 10.1. The molecule has 2 rings (SSSR count). The molecule has 2 aliphatic heterocycles. The van der Waals surface area contributed by atoms with Crippen molar-refractivity contribution in [3.8, 4) is 0 Å². The van der Waals surface area contributed by atoms with E-state index in [9.17, 15) is 5.11 Å². The zero-order valence-electron chi connectivity index (χ0n) is 9.26. The average molecular weight is 217 g/mol. The Morgan fingerprint density at radius 3 is 2.73 bits per heavy atom. The first-order valence-electron chi connectivity index (χ1n) is 5.36. The van der Waals surface area contributed by atoms with Crippen LogP contribution in [0.1, 0.15) is 0 Å². The van der Waals surface area contributed by atoms with Crippen molar-refractivity contribution in [2.24, 2.45) is 0 Å². The standard InChI is InChI=1S/C10H19NO4/c1-11(2)3-4-13-8-6-15-9-7(12)5-14-10(8)9/h7-10,12H,3-6H2,1-2H3/t7-,8+,9-,10-/m1/s1. The molecule has 0 saturated carbocycles. The van der Waals surface area contributed by atoms with Gasteiger partial charge in [-0.2, -0.15) is 0 Å². The molecule has 2 heterocycles. The van der Waals surface area contributed by atoms with Crippen LogP contribution in [0.5, 0.6) is 0 Å². The van der Waals surface area contributed by atoms with Gasteiger partial charge in [0, 0.05) is 6.54 Å². The van der Waals surface area contributed by atoms with E-state index in [0.717, 1.165) is 6.54 Å². The van der Waals surface area contributed by atoms with Crippen LogP contribution in [0.3, 0.4) is 0 Å². The summed E-state index contributed by atoms with van der Waals surface area (Å²) < 4.78 is 16.6. The molecule has 0 radical (unpaired) electrons. The third kappa shape index (κ3) is 2.49. The second-order valence-electron chi connectivity index (χ2n) is 4.38. The molecule has 2 aliphatic rings. The van der Waals surface area contributed by atoms with E-state index in [1.54, 1.807) is 0 Å². The summed E-state index contributed by atoms with van der Waals surface area (Å²) in [5.41, 5.74) is 0. The first-order chi connectivity index (χ1) is 7.18. The Balaban J connectivity index is 1.75. The molecule has 0 amide bonds. The number of ether oxygens (including phenoxy) is 3. The predicted molar refractivity (Wildman–Crippen MR) is 53.8 cm³/mol. The monoisotopic (exact) mass is 217 g/mol. The molecule has 4 atom stereocenters. The number of nitrogens with zero attached hydrogens (tertiary/aromatic N) is 1. The number of aliphatic hydroxyl groups is 1. The smallest absolute Gasteiger partial charge is 0.115 e. The Bertz CT molecular complexity index is 212. The van der Waals surface area contributed by atoms with Crippen LogP contribution in [-0.2, 0) is 14.2 Å². The highest BCUT2D eigenvalue weighted by molar-refractivity contribution is 4.94. The molecule has 0 aromatic rings. The first kappa shape index (κ1) is 11.3. The molecule has 5 heteroatoms. The van der Waals surface area contributed by atoms with Crippen molar-refractivity contribution in [2.45, 2.75) is 24.4 Å². The summed E-state index contributed by atoms with van der Waals surface area (Å²) in [5.74, 6) is 0. The highest BCUT2D eigenvalue weighted by Gasteiger charge is 2.47. The Kier molecular flexibility index (Phi) is 3.58. The fraction of sp³-hybridized carbons (Fsp3) is 1.00. The lowest BCUT2D eigenvalue weighted by Crippen LogP contribution is -2.34. The lowest BCUT2D eigenvalue weighted by Gasteiger charge is -2.18. The van der Waals surface area contributed by atoms with Gasteiger partial charge in [-0.15, -0.1) is 0 Å². The SMILES string of the molecule is CN(C)CCO[C@H]1CO[C@H]2[C@@H]1OC[C@H]2O. The van der Waals surface area contributed by atoms with Crippen LogP contribution in [0.4, 0.5) is 0 Å². The molecule has 2 saturated heterocycles. The zero-order valence-corrected chi connectivity index (χ0v) is 9.26. The minimum absolute atomic E-state index is 0.0212. The summed E-state index contributed by atoms with van der Waals surface area (Å²) in [6, 6.07) is 0. The van der Waals surface area contributed by atoms with Gasteiger partial charge in [0.2, 0.25) is 0 Å². The quantitative estimate of drug-likeness (QED) is 0.661. The van der Waals surface area contributed by atoms with Crippen molar-refractivity contribution in [1.82, 2.24) is 4.90 Å². The van der Waals surface area contributed by atoms with E-state index < -0.39 is 6.10 Å². The average Bonchev–Trinajstić information content (AvgIpc) is 2.71. The molecule has 5 nitrogen and oxygen atoms in total. The maximum atomic E-state index is 9.52. The highest BCUT2D eigenvalue weighted by atomic mass is 16.6. The molecule has 0 aliphatic carbocycles. The number of hydrogen-bond acceptors (Lipinski definition) is 5. The summed E-state index contributed by atoms with van der Waals surface area (Å²) in [4.78, 5) is 2.07. The fourth-order valence-corrected chi connectivity index (χ4v) is 1.97. The van der Waals surface area contributed by atoms with Gasteiger partial charge >= 0.3 is 0 Å². The van der Waals surface area contributed by atoms with Crippen LogP contribution in [0.15, 0.2) is 0 Å². The van der Waals surface area contributed by atoms with Crippen LogP contribution in [-0.4, -0.2) is 74.9 Å². The van der Waals surface area contributed by atoms with Gasteiger partial charge < -0.3 is 24.2 Å². The Morgan fingerprint density at radius 2 is 2.00 bits per heavy atom. The largest absolute Gasteiger partial charge is 0.388 e. The van der Waals surface area contributed by atoms with Gasteiger partial charge in [-0.3, -0.25) is 0 Å². The number of fused-ring (bicyclic) bond motifs is 1. The van der Waals surface area contributed by atoms with Crippen molar-refractivity contribution in [2.75, 3.05) is 40.5 Å². The Hall–Kier alpha value is -0.200. The van der Waals surface area contributed by atoms with Crippen LogP contribution >= 0.6 is 0 Å². The van der Waals surface area contributed by atoms with Gasteiger partial charge in [0.05, 0.1) is 19.8 Å². The van der Waals surface area contributed by atoms with Crippen LogP contribution < -0.4 is 0 Å². The summed E-state index contributed by atoms with van der Waals surface area (Å²) in [6.07, 6.45) is -0.777. The number of aliphatic hydroxyl groups excluding tert-OH is 1. The molecule has 2 fully saturated rings. The third-order valence-corrected chi connectivity index (χ3v) is 2.85. The summed E-state index contributed by atoms with van der Waals surface area (Å²) in [6.45, 7) is 2.45. The predicted octanol–water partition coefficient (Wildman–Crippen LogP) is -0.908. The molecule has 0 aromatic carbocycles. The molecule has 0 unspecified atom stereocenters. The Labute approximate surface area is 89.9 Å². The van der Waals surface area contributed by atoms with Crippen molar-refractivity contribution >= 4 is 0 Å².